The van der Waals surface area contributed by atoms with Crippen LogP contribution in [-0.4, -0.2) is 33.5 Å². The van der Waals surface area contributed by atoms with E-state index in [1.165, 1.54) is 37.1 Å². The second-order valence-corrected chi connectivity index (χ2v) is 7.97. The highest BCUT2D eigenvalue weighted by Crippen LogP contribution is 2.29. The Hall–Kier alpha value is -2.49. The first-order valence-electron chi connectivity index (χ1n) is 9.17. The van der Waals surface area contributed by atoms with Crippen LogP contribution >= 0.6 is 35.0 Å². The molecular weight excluding hydrogens is 466 g/mol. The minimum atomic E-state index is -0.443. The third kappa shape index (κ3) is 6.03. The summed E-state index contributed by atoms with van der Waals surface area (Å²) in [4.78, 5) is 12.4. The number of hydrogen-bond acceptors (Lipinski definition) is 6. The van der Waals surface area contributed by atoms with Crippen molar-refractivity contribution in [3.63, 3.8) is 0 Å². The van der Waals surface area contributed by atoms with E-state index < -0.39 is 5.82 Å². The fourth-order valence-corrected chi connectivity index (χ4v) is 3.89. The molecule has 1 heterocycles. The van der Waals surface area contributed by atoms with E-state index in [1.807, 2.05) is 11.5 Å². The van der Waals surface area contributed by atoms with Gasteiger partial charge in [0.25, 0.3) is 0 Å². The Morgan fingerprint density at radius 2 is 1.97 bits per heavy atom. The molecule has 3 aromatic rings. The van der Waals surface area contributed by atoms with E-state index in [1.54, 1.807) is 18.2 Å². The van der Waals surface area contributed by atoms with E-state index in [2.05, 4.69) is 15.5 Å². The highest BCUT2D eigenvalue weighted by molar-refractivity contribution is 7.99. The van der Waals surface area contributed by atoms with Gasteiger partial charge in [-0.05, 0) is 43.3 Å². The fraction of sp³-hybridized carbons (Fsp3) is 0.250. The number of halogens is 3. The van der Waals surface area contributed by atoms with Gasteiger partial charge < -0.3 is 19.4 Å². The van der Waals surface area contributed by atoms with E-state index in [-0.39, 0.29) is 23.3 Å². The Morgan fingerprint density at radius 3 is 2.68 bits per heavy atom. The predicted octanol–water partition coefficient (Wildman–Crippen LogP) is 5.06. The quantitative estimate of drug-likeness (QED) is 0.427. The number of thioether (sulfide) groups is 1. The van der Waals surface area contributed by atoms with Crippen LogP contribution in [0.5, 0.6) is 11.5 Å². The molecule has 1 amide bonds. The van der Waals surface area contributed by atoms with E-state index in [0.29, 0.717) is 39.7 Å². The maximum absolute atomic E-state index is 13.2. The van der Waals surface area contributed by atoms with Crippen LogP contribution in [0.4, 0.5) is 10.1 Å². The smallest absolute Gasteiger partial charge is 0.234 e. The number of carbonyl (C=O) groups is 1. The van der Waals surface area contributed by atoms with Gasteiger partial charge in [-0.2, -0.15) is 0 Å². The van der Waals surface area contributed by atoms with Crippen molar-refractivity contribution in [2.45, 2.75) is 25.2 Å². The molecule has 0 bridgehead atoms. The van der Waals surface area contributed by atoms with Crippen molar-refractivity contribution in [2.75, 3.05) is 18.2 Å². The summed E-state index contributed by atoms with van der Waals surface area (Å²) in [5.74, 6) is 0.838. The van der Waals surface area contributed by atoms with Crippen LogP contribution in [-0.2, 0) is 17.9 Å². The summed E-state index contributed by atoms with van der Waals surface area (Å²) in [7, 11) is 1.51. The third-order valence-corrected chi connectivity index (χ3v) is 5.63. The summed E-state index contributed by atoms with van der Waals surface area (Å²) in [5.41, 5.74) is 0.489. The number of anilines is 1. The van der Waals surface area contributed by atoms with Crippen LogP contribution in [0.15, 0.2) is 41.6 Å². The van der Waals surface area contributed by atoms with Crippen LogP contribution < -0.4 is 14.8 Å². The van der Waals surface area contributed by atoms with Crippen LogP contribution in [0.1, 0.15) is 12.7 Å². The number of hydrogen-bond donors (Lipinski definition) is 1. The largest absolute Gasteiger partial charge is 0.495 e. The van der Waals surface area contributed by atoms with Crippen molar-refractivity contribution >= 4 is 46.6 Å². The molecule has 1 N–H and O–H groups in total. The summed E-state index contributed by atoms with van der Waals surface area (Å²) in [6.07, 6.45) is 0. The maximum atomic E-state index is 13.2. The van der Waals surface area contributed by atoms with E-state index in [0.717, 1.165) is 0 Å². The van der Waals surface area contributed by atoms with Gasteiger partial charge in [-0.3, -0.25) is 4.79 Å². The molecule has 3 rings (SSSR count). The first-order valence-corrected chi connectivity index (χ1v) is 10.9. The first-order chi connectivity index (χ1) is 14.9. The molecule has 1 aromatic heterocycles. The molecule has 0 unspecified atom stereocenters. The number of carbonyl (C=O) groups excluding carboxylic acids is 1. The molecule has 2 aromatic carbocycles. The lowest BCUT2D eigenvalue weighted by atomic mass is 10.3. The predicted molar refractivity (Wildman–Crippen MR) is 119 cm³/mol. The highest BCUT2D eigenvalue weighted by atomic mass is 35.5. The number of nitrogens with one attached hydrogen (secondary N) is 1. The van der Waals surface area contributed by atoms with Gasteiger partial charge in [-0.25, -0.2) is 4.39 Å². The number of rotatable bonds is 9. The van der Waals surface area contributed by atoms with Gasteiger partial charge in [0, 0.05) is 11.6 Å². The summed E-state index contributed by atoms with van der Waals surface area (Å²) in [6.45, 7) is 2.60. The SMILES string of the molecule is CCn1c(COc2ccc(F)cc2Cl)nnc1SCC(=O)Nc1cc(Cl)ccc1OC. The van der Waals surface area contributed by atoms with Gasteiger partial charge in [0.2, 0.25) is 5.91 Å². The van der Waals surface area contributed by atoms with Crippen molar-refractivity contribution in [3.05, 3.63) is 58.1 Å². The van der Waals surface area contributed by atoms with Gasteiger partial charge in [-0.15, -0.1) is 10.2 Å². The van der Waals surface area contributed by atoms with Crippen LogP contribution in [0.25, 0.3) is 0 Å². The zero-order valence-corrected chi connectivity index (χ0v) is 19.0. The molecule has 31 heavy (non-hydrogen) atoms. The van der Waals surface area contributed by atoms with Crippen LogP contribution in [0.2, 0.25) is 10.0 Å². The Balaban J connectivity index is 1.61. The topological polar surface area (TPSA) is 78.3 Å². The standard InChI is InChI=1S/C20H19Cl2FN4O3S/c1-3-27-18(10-30-16-7-5-13(23)9-14(16)22)25-26-20(27)31-11-19(28)24-15-8-12(21)4-6-17(15)29-2/h4-9H,3,10-11H2,1-2H3,(H,24,28). The molecule has 164 valence electrons. The lowest BCUT2D eigenvalue weighted by Gasteiger charge is -2.11. The fourth-order valence-electron chi connectivity index (χ4n) is 2.68. The van der Waals surface area contributed by atoms with Gasteiger partial charge >= 0.3 is 0 Å². The lowest BCUT2D eigenvalue weighted by molar-refractivity contribution is -0.113. The number of ether oxygens (including phenoxy) is 2. The second kappa shape index (κ2) is 10.7. The molecular formula is C20H19Cl2FN4O3S. The lowest BCUT2D eigenvalue weighted by Crippen LogP contribution is -2.15. The molecule has 0 radical (unpaired) electrons. The molecule has 0 aliphatic heterocycles. The average Bonchev–Trinajstić information content (AvgIpc) is 3.13. The van der Waals surface area contributed by atoms with Crippen molar-refractivity contribution in [3.8, 4) is 11.5 Å². The highest BCUT2D eigenvalue weighted by Gasteiger charge is 2.15. The summed E-state index contributed by atoms with van der Waals surface area (Å²) >= 11 is 13.2. The summed E-state index contributed by atoms with van der Waals surface area (Å²) < 4.78 is 25.9. The molecule has 0 aliphatic rings. The first kappa shape index (κ1) is 23.2. The Morgan fingerprint density at radius 1 is 1.19 bits per heavy atom. The number of aromatic nitrogens is 3. The normalized spacial score (nSPS) is 10.7. The van der Waals surface area contributed by atoms with Crippen LogP contribution in [0.3, 0.4) is 0 Å². The number of benzene rings is 2. The van der Waals surface area contributed by atoms with Gasteiger partial charge in [0.1, 0.15) is 23.9 Å². The van der Waals surface area contributed by atoms with E-state index >= 15 is 0 Å². The average molecular weight is 485 g/mol. The van der Waals surface area contributed by atoms with E-state index in [4.69, 9.17) is 32.7 Å². The number of amides is 1. The van der Waals surface area contributed by atoms with Crippen molar-refractivity contribution in [2.24, 2.45) is 0 Å². The summed E-state index contributed by atoms with van der Waals surface area (Å²) in [5, 5.41) is 12.3. The summed E-state index contributed by atoms with van der Waals surface area (Å²) in [6, 6.07) is 8.87. The maximum Gasteiger partial charge on any atom is 0.234 e. The van der Waals surface area contributed by atoms with Crippen molar-refractivity contribution in [1.82, 2.24) is 14.8 Å². The minimum absolute atomic E-state index is 0.0959. The van der Waals surface area contributed by atoms with Gasteiger partial charge in [-0.1, -0.05) is 35.0 Å². The Kier molecular flexibility index (Phi) is 8.00. The minimum Gasteiger partial charge on any atom is -0.495 e. The molecule has 11 heteroatoms. The number of methoxy groups -OCH3 is 1. The third-order valence-electron chi connectivity index (χ3n) is 4.13. The molecule has 0 atom stereocenters. The van der Waals surface area contributed by atoms with Crippen LogP contribution in [0, 0.1) is 5.82 Å². The molecule has 0 saturated heterocycles. The van der Waals surface area contributed by atoms with Gasteiger partial charge in [0.15, 0.2) is 11.0 Å². The Bertz CT molecular complexity index is 1080. The zero-order valence-electron chi connectivity index (χ0n) is 16.7. The number of nitrogens with zero attached hydrogens (tertiary/aromatic N) is 3. The monoisotopic (exact) mass is 484 g/mol. The molecule has 0 aliphatic carbocycles. The Labute approximate surface area is 192 Å². The van der Waals surface area contributed by atoms with Crippen molar-refractivity contribution < 1.29 is 18.7 Å². The molecule has 0 saturated carbocycles. The zero-order chi connectivity index (χ0) is 22.4. The molecule has 0 fully saturated rings. The van der Waals surface area contributed by atoms with Crippen molar-refractivity contribution in [1.29, 1.82) is 0 Å². The van der Waals surface area contributed by atoms with E-state index in [9.17, 15) is 9.18 Å². The second-order valence-electron chi connectivity index (χ2n) is 6.19. The molecule has 0 spiro atoms. The van der Waals surface area contributed by atoms with Gasteiger partial charge in [0.05, 0.1) is 23.6 Å². The molecule has 7 nitrogen and oxygen atoms in total.